The Balaban J connectivity index is 2.80. The second-order valence-corrected chi connectivity index (χ2v) is 5.90. The van der Waals surface area contributed by atoms with Gasteiger partial charge in [-0.05, 0) is 30.4 Å². The average molecular weight is 313 g/mol. The first-order valence-electron chi connectivity index (χ1n) is 6.84. The van der Waals surface area contributed by atoms with Crippen LogP contribution in [0.1, 0.15) is 57.6 Å². The van der Waals surface area contributed by atoms with Crippen LogP contribution in [0.25, 0.3) is 0 Å². The summed E-state index contributed by atoms with van der Waals surface area (Å²) in [4.78, 5) is 0. The van der Waals surface area contributed by atoms with Crippen molar-refractivity contribution in [1.29, 1.82) is 0 Å². The van der Waals surface area contributed by atoms with Crippen molar-refractivity contribution < 1.29 is 4.74 Å². The summed E-state index contributed by atoms with van der Waals surface area (Å²) < 4.78 is 6.06. The van der Waals surface area contributed by atoms with Crippen molar-refractivity contribution >= 4 is 15.9 Å². The predicted octanol–water partition coefficient (Wildman–Crippen LogP) is 5.24. The van der Waals surface area contributed by atoms with E-state index >= 15 is 0 Å². The summed E-state index contributed by atoms with van der Waals surface area (Å²) in [6.45, 7) is 9.60. The number of ether oxygens (including phenoxy) is 1. The van der Waals surface area contributed by atoms with Crippen LogP contribution >= 0.6 is 15.9 Å². The summed E-state index contributed by atoms with van der Waals surface area (Å²) in [5, 5.41) is 0.824. The third-order valence-electron chi connectivity index (χ3n) is 3.36. The lowest BCUT2D eigenvalue weighted by atomic mass is 9.94. The maximum Gasteiger partial charge on any atom is 0.0999 e. The van der Waals surface area contributed by atoms with Crippen LogP contribution in [-0.4, -0.2) is 11.9 Å². The normalized spacial score (nSPS) is 14.8. The second kappa shape index (κ2) is 7.30. The van der Waals surface area contributed by atoms with Gasteiger partial charge in [-0.3, -0.25) is 0 Å². The molecule has 0 amide bonds. The fourth-order valence-corrected chi connectivity index (χ4v) is 2.35. The highest BCUT2D eigenvalue weighted by Crippen LogP contribution is 2.29. The van der Waals surface area contributed by atoms with E-state index in [0.29, 0.717) is 5.92 Å². The van der Waals surface area contributed by atoms with Crippen LogP contribution in [0.4, 0.5) is 0 Å². The van der Waals surface area contributed by atoms with Gasteiger partial charge in [-0.2, -0.15) is 0 Å². The number of rotatable bonds is 7. The van der Waals surface area contributed by atoms with Crippen LogP contribution in [0, 0.1) is 0 Å². The van der Waals surface area contributed by atoms with Crippen molar-refractivity contribution in [2.75, 3.05) is 11.9 Å². The fourth-order valence-electron chi connectivity index (χ4n) is 1.86. The van der Waals surface area contributed by atoms with Crippen LogP contribution in [0.5, 0.6) is 0 Å². The number of alkyl halides is 1. The Kier molecular flexibility index (Phi) is 6.37. The van der Waals surface area contributed by atoms with Crippen molar-refractivity contribution in [1.82, 2.24) is 0 Å². The molecule has 0 bridgehead atoms. The van der Waals surface area contributed by atoms with E-state index in [4.69, 9.17) is 4.74 Å². The lowest BCUT2D eigenvalue weighted by molar-refractivity contribution is -0.0180. The van der Waals surface area contributed by atoms with Gasteiger partial charge in [-0.25, -0.2) is 0 Å². The highest BCUT2D eigenvalue weighted by atomic mass is 79.9. The average Bonchev–Trinajstić information content (AvgIpc) is 2.39. The first kappa shape index (κ1) is 15.7. The standard InChI is InChI=1S/C16H25BrO/c1-5-6-11-18-16(4,12-17)15-9-7-14(8-10-15)13(2)3/h7-10,13H,5-6,11-12H2,1-4H3. The van der Waals surface area contributed by atoms with E-state index < -0.39 is 0 Å². The molecule has 1 aromatic rings. The van der Waals surface area contributed by atoms with Gasteiger partial charge in [0.2, 0.25) is 0 Å². The molecule has 0 saturated carbocycles. The molecule has 0 aliphatic heterocycles. The SMILES string of the molecule is CCCCOC(C)(CBr)c1ccc(C(C)C)cc1. The van der Waals surface area contributed by atoms with Crippen LogP contribution in [0.3, 0.4) is 0 Å². The number of hydrogen-bond donors (Lipinski definition) is 0. The molecular weight excluding hydrogens is 288 g/mol. The molecule has 1 unspecified atom stereocenters. The van der Waals surface area contributed by atoms with Crippen molar-refractivity contribution in [2.24, 2.45) is 0 Å². The Morgan fingerprint density at radius 2 is 1.83 bits per heavy atom. The molecule has 0 spiro atoms. The van der Waals surface area contributed by atoms with E-state index in [1.54, 1.807) is 0 Å². The minimum atomic E-state index is -0.218. The highest BCUT2D eigenvalue weighted by molar-refractivity contribution is 9.09. The third-order valence-corrected chi connectivity index (χ3v) is 4.43. The Labute approximate surface area is 120 Å². The maximum atomic E-state index is 6.06. The van der Waals surface area contributed by atoms with Crippen LogP contribution in [0.15, 0.2) is 24.3 Å². The van der Waals surface area contributed by atoms with Gasteiger partial charge in [-0.1, -0.05) is 67.4 Å². The lowest BCUT2D eigenvalue weighted by Gasteiger charge is -2.29. The smallest absolute Gasteiger partial charge is 0.0999 e. The van der Waals surface area contributed by atoms with E-state index in [2.05, 4.69) is 67.9 Å². The number of halogens is 1. The van der Waals surface area contributed by atoms with Crippen molar-refractivity contribution in [3.8, 4) is 0 Å². The van der Waals surface area contributed by atoms with Gasteiger partial charge in [0.15, 0.2) is 0 Å². The molecule has 0 saturated heterocycles. The molecule has 102 valence electrons. The summed E-state index contributed by atoms with van der Waals surface area (Å²) in [6, 6.07) is 8.82. The monoisotopic (exact) mass is 312 g/mol. The Bertz CT molecular complexity index is 345. The van der Waals surface area contributed by atoms with E-state index in [1.807, 2.05) is 0 Å². The van der Waals surface area contributed by atoms with Crippen LogP contribution < -0.4 is 0 Å². The predicted molar refractivity (Wildman–Crippen MR) is 82.5 cm³/mol. The molecule has 18 heavy (non-hydrogen) atoms. The summed E-state index contributed by atoms with van der Waals surface area (Å²) in [7, 11) is 0. The molecule has 0 aliphatic rings. The molecule has 1 rings (SSSR count). The minimum Gasteiger partial charge on any atom is -0.370 e. The van der Waals surface area contributed by atoms with E-state index in [0.717, 1.165) is 18.4 Å². The first-order chi connectivity index (χ1) is 8.53. The van der Waals surface area contributed by atoms with Gasteiger partial charge >= 0.3 is 0 Å². The first-order valence-corrected chi connectivity index (χ1v) is 7.96. The van der Waals surface area contributed by atoms with Crippen LogP contribution in [0.2, 0.25) is 0 Å². The van der Waals surface area contributed by atoms with Gasteiger partial charge in [0.1, 0.15) is 0 Å². The zero-order valence-electron chi connectivity index (χ0n) is 12.0. The van der Waals surface area contributed by atoms with E-state index in [1.165, 1.54) is 17.5 Å². The van der Waals surface area contributed by atoms with Gasteiger partial charge in [0.05, 0.1) is 5.60 Å². The van der Waals surface area contributed by atoms with Crippen molar-refractivity contribution in [3.63, 3.8) is 0 Å². The molecule has 0 N–H and O–H groups in total. The van der Waals surface area contributed by atoms with Gasteiger partial charge in [0.25, 0.3) is 0 Å². The maximum absolute atomic E-state index is 6.06. The summed E-state index contributed by atoms with van der Waals surface area (Å²) in [5.74, 6) is 0.579. The van der Waals surface area contributed by atoms with Crippen molar-refractivity contribution in [2.45, 2.75) is 52.1 Å². The molecule has 0 fully saturated rings. The Morgan fingerprint density at radius 1 is 1.22 bits per heavy atom. The molecule has 1 aromatic carbocycles. The second-order valence-electron chi connectivity index (χ2n) is 5.34. The number of benzene rings is 1. The van der Waals surface area contributed by atoms with E-state index in [9.17, 15) is 0 Å². The Hall–Kier alpha value is -0.340. The zero-order valence-corrected chi connectivity index (χ0v) is 13.6. The molecule has 2 heteroatoms. The highest BCUT2D eigenvalue weighted by Gasteiger charge is 2.26. The number of hydrogen-bond acceptors (Lipinski definition) is 1. The molecule has 1 nitrogen and oxygen atoms in total. The van der Waals surface area contributed by atoms with Crippen molar-refractivity contribution in [3.05, 3.63) is 35.4 Å². The molecule has 0 radical (unpaired) electrons. The molecule has 0 aliphatic carbocycles. The summed E-state index contributed by atoms with van der Waals surface area (Å²) >= 11 is 3.58. The van der Waals surface area contributed by atoms with Gasteiger partial charge in [-0.15, -0.1) is 0 Å². The molecule has 0 heterocycles. The van der Waals surface area contributed by atoms with Crippen LogP contribution in [-0.2, 0) is 10.3 Å². The largest absolute Gasteiger partial charge is 0.370 e. The minimum absolute atomic E-state index is 0.218. The van der Waals surface area contributed by atoms with Gasteiger partial charge in [0, 0.05) is 11.9 Å². The fraction of sp³-hybridized carbons (Fsp3) is 0.625. The molecule has 1 atom stereocenters. The topological polar surface area (TPSA) is 9.23 Å². The lowest BCUT2D eigenvalue weighted by Crippen LogP contribution is -2.28. The van der Waals surface area contributed by atoms with E-state index in [-0.39, 0.29) is 5.60 Å². The number of unbranched alkanes of at least 4 members (excludes halogenated alkanes) is 1. The van der Waals surface area contributed by atoms with Gasteiger partial charge < -0.3 is 4.74 Å². The quantitative estimate of drug-likeness (QED) is 0.494. The third kappa shape index (κ3) is 4.10. The Morgan fingerprint density at radius 3 is 2.28 bits per heavy atom. The summed E-state index contributed by atoms with van der Waals surface area (Å²) in [6.07, 6.45) is 2.29. The summed E-state index contributed by atoms with van der Waals surface area (Å²) in [5.41, 5.74) is 2.41. The zero-order chi connectivity index (χ0) is 13.6. The molecule has 0 aromatic heterocycles. The molecular formula is C16H25BrO.